The summed E-state index contributed by atoms with van der Waals surface area (Å²) in [5.41, 5.74) is 1.87. The predicted octanol–water partition coefficient (Wildman–Crippen LogP) is 2.68. The van der Waals surface area contributed by atoms with Crippen LogP contribution in [0.4, 0.5) is 0 Å². The van der Waals surface area contributed by atoms with Crippen LogP contribution in [0.25, 0.3) is 0 Å². The van der Waals surface area contributed by atoms with Crippen LogP contribution >= 0.6 is 0 Å². The topological polar surface area (TPSA) is 42.9 Å². The van der Waals surface area contributed by atoms with Gasteiger partial charge in [-0.2, -0.15) is 0 Å². The lowest BCUT2D eigenvalue weighted by atomic mass is 10.0. The van der Waals surface area contributed by atoms with E-state index in [-0.39, 0.29) is 5.78 Å². The van der Waals surface area contributed by atoms with Gasteiger partial charge >= 0.3 is 0 Å². The third-order valence-electron chi connectivity index (χ3n) is 2.59. The van der Waals surface area contributed by atoms with Crippen molar-refractivity contribution in [1.82, 2.24) is 9.97 Å². The van der Waals surface area contributed by atoms with Crippen LogP contribution in [0.1, 0.15) is 28.8 Å². The average molecular weight is 226 g/mol. The molecule has 0 bridgehead atoms. The molecular formula is C14H14N2O. The summed E-state index contributed by atoms with van der Waals surface area (Å²) in [6.45, 7) is 0. The van der Waals surface area contributed by atoms with Gasteiger partial charge in [0.25, 0.3) is 0 Å². The minimum Gasteiger partial charge on any atom is -0.294 e. The van der Waals surface area contributed by atoms with Gasteiger partial charge in [-0.3, -0.25) is 4.79 Å². The highest BCUT2D eigenvalue weighted by Crippen LogP contribution is 2.07. The van der Waals surface area contributed by atoms with Crippen molar-refractivity contribution >= 4 is 5.78 Å². The van der Waals surface area contributed by atoms with Crippen molar-refractivity contribution in [3.63, 3.8) is 0 Å². The molecule has 86 valence electrons. The number of aromatic nitrogens is 2. The van der Waals surface area contributed by atoms with E-state index in [4.69, 9.17) is 0 Å². The average Bonchev–Trinajstić information content (AvgIpc) is 2.41. The van der Waals surface area contributed by atoms with Gasteiger partial charge < -0.3 is 0 Å². The summed E-state index contributed by atoms with van der Waals surface area (Å²) in [7, 11) is 0. The van der Waals surface area contributed by atoms with Crippen molar-refractivity contribution in [3.8, 4) is 0 Å². The number of aryl methyl sites for hydroxylation is 1. The summed E-state index contributed by atoms with van der Waals surface area (Å²) in [6, 6.07) is 10.2. The lowest BCUT2D eigenvalue weighted by Crippen LogP contribution is -2.01. The van der Waals surface area contributed by atoms with Gasteiger partial charge in [-0.15, -0.1) is 0 Å². The maximum absolute atomic E-state index is 11.8. The van der Waals surface area contributed by atoms with Crippen molar-refractivity contribution in [2.75, 3.05) is 0 Å². The molecule has 0 N–H and O–H groups in total. The Morgan fingerprint density at radius 3 is 2.47 bits per heavy atom. The standard InChI is InChI=1S/C14H14N2O/c17-14(13-9-15-11-16-10-13)8-4-7-12-5-2-1-3-6-12/h1-3,5-6,9-11H,4,7-8H2. The molecule has 17 heavy (non-hydrogen) atoms. The highest BCUT2D eigenvalue weighted by Gasteiger charge is 2.05. The molecule has 0 saturated carbocycles. The first kappa shape index (κ1) is 11.5. The minimum atomic E-state index is 0.113. The second-order valence-corrected chi connectivity index (χ2v) is 3.89. The van der Waals surface area contributed by atoms with E-state index in [1.165, 1.54) is 11.9 Å². The van der Waals surface area contributed by atoms with Crippen LogP contribution in [0.15, 0.2) is 49.1 Å². The predicted molar refractivity (Wildman–Crippen MR) is 65.7 cm³/mol. The van der Waals surface area contributed by atoms with E-state index < -0.39 is 0 Å². The van der Waals surface area contributed by atoms with Crippen LogP contribution in [0.3, 0.4) is 0 Å². The molecular weight excluding hydrogens is 212 g/mol. The molecule has 2 rings (SSSR count). The first-order chi connectivity index (χ1) is 8.36. The normalized spacial score (nSPS) is 10.1. The number of carbonyl (C=O) groups excluding carboxylic acids is 1. The summed E-state index contributed by atoms with van der Waals surface area (Å²) < 4.78 is 0. The van der Waals surface area contributed by atoms with E-state index in [1.54, 1.807) is 12.4 Å². The second kappa shape index (κ2) is 5.89. The molecule has 3 nitrogen and oxygen atoms in total. The molecule has 1 aromatic carbocycles. The molecule has 0 spiro atoms. The Balaban J connectivity index is 1.82. The van der Waals surface area contributed by atoms with Gasteiger partial charge in [-0.1, -0.05) is 30.3 Å². The van der Waals surface area contributed by atoms with E-state index in [2.05, 4.69) is 22.1 Å². The van der Waals surface area contributed by atoms with Gasteiger partial charge in [-0.25, -0.2) is 9.97 Å². The summed E-state index contributed by atoms with van der Waals surface area (Å²) in [4.78, 5) is 19.4. The first-order valence-electron chi connectivity index (χ1n) is 5.68. The van der Waals surface area contributed by atoms with Crippen LogP contribution < -0.4 is 0 Å². The second-order valence-electron chi connectivity index (χ2n) is 3.89. The molecule has 0 aliphatic rings. The number of nitrogens with zero attached hydrogens (tertiary/aromatic N) is 2. The monoisotopic (exact) mass is 226 g/mol. The Morgan fingerprint density at radius 1 is 1.06 bits per heavy atom. The van der Waals surface area contributed by atoms with E-state index in [9.17, 15) is 4.79 Å². The van der Waals surface area contributed by atoms with Crippen molar-refractivity contribution in [1.29, 1.82) is 0 Å². The molecule has 0 aliphatic carbocycles. The SMILES string of the molecule is O=C(CCCc1ccccc1)c1cncnc1. The smallest absolute Gasteiger partial charge is 0.165 e. The zero-order valence-corrected chi connectivity index (χ0v) is 9.54. The van der Waals surface area contributed by atoms with E-state index >= 15 is 0 Å². The summed E-state index contributed by atoms with van der Waals surface area (Å²) >= 11 is 0. The maximum atomic E-state index is 11.8. The zero-order chi connectivity index (χ0) is 11.9. The van der Waals surface area contributed by atoms with Crippen LogP contribution in [0, 0.1) is 0 Å². The number of hydrogen-bond donors (Lipinski definition) is 0. The third-order valence-corrected chi connectivity index (χ3v) is 2.59. The van der Waals surface area contributed by atoms with Gasteiger partial charge in [0, 0.05) is 18.8 Å². The van der Waals surface area contributed by atoms with Crippen molar-refractivity contribution < 1.29 is 4.79 Å². The van der Waals surface area contributed by atoms with Crippen molar-refractivity contribution in [2.24, 2.45) is 0 Å². The fraction of sp³-hybridized carbons (Fsp3) is 0.214. The molecule has 2 aromatic rings. The Bertz CT molecular complexity index is 468. The lowest BCUT2D eigenvalue weighted by molar-refractivity contribution is 0.0979. The number of Topliss-reactive ketones (excluding diaryl/α,β-unsaturated/α-hetero) is 1. The van der Waals surface area contributed by atoms with Gasteiger partial charge in [0.05, 0.1) is 5.56 Å². The molecule has 1 aromatic heterocycles. The van der Waals surface area contributed by atoms with Gasteiger partial charge in [0.1, 0.15) is 6.33 Å². The molecule has 0 atom stereocenters. The number of rotatable bonds is 5. The Kier molecular flexibility index (Phi) is 3.97. The molecule has 0 amide bonds. The van der Waals surface area contributed by atoms with E-state index in [1.807, 2.05) is 18.2 Å². The largest absolute Gasteiger partial charge is 0.294 e. The van der Waals surface area contributed by atoms with E-state index in [0.717, 1.165) is 12.8 Å². The summed E-state index contributed by atoms with van der Waals surface area (Å²) in [6.07, 6.45) is 6.90. The van der Waals surface area contributed by atoms with Crippen LogP contribution in [-0.2, 0) is 6.42 Å². The quantitative estimate of drug-likeness (QED) is 0.736. The molecule has 0 radical (unpaired) electrons. The fourth-order valence-corrected chi connectivity index (χ4v) is 1.69. The van der Waals surface area contributed by atoms with Crippen LogP contribution in [-0.4, -0.2) is 15.8 Å². The number of ketones is 1. The van der Waals surface area contributed by atoms with Crippen LogP contribution in [0.5, 0.6) is 0 Å². The Hall–Kier alpha value is -2.03. The third kappa shape index (κ3) is 3.48. The zero-order valence-electron chi connectivity index (χ0n) is 9.54. The summed E-state index contributed by atoms with van der Waals surface area (Å²) in [5, 5.41) is 0. The highest BCUT2D eigenvalue weighted by atomic mass is 16.1. The lowest BCUT2D eigenvalue weighted by Gasteiger charge is -2.01. The number of hydrogen-bond acceptors (Lipinski definition) is 3. The van der Waals surface area contributed by atoms with Crippen LogP contribution in [0.2, 0.25) is 0 Å². The molecule has 3 heteroatoms. The maximum Gasteiger partial charge on any atom is 0.165 e. The van der Waals surface area contributed by atoms with Crippen molar-refractivity contribution in [3.05, 3.63) is 60.2 Å². The fourth-order valence-electron chi connectivity index (χ4n) is 1.69. The van der Waals surface area contributed by atoms with Gasteiger partial charge in [0.2, 0.25) is 0 Å². The van der Waals surface area contributed by atoms with Gasteiger partial charge in [-0.05, 0) is 18.4 Å². The summed E-state index contributed by atoms with van der Waals surface area (Å²) in [5.74, 6) is 0.113. The molecule has 0 saturated heterocycles. The van der Waals surface area contributed by atoms with Crippen molar-refractivity contribution in [2.45, 2.75) is 19.3 Å². The number of carbonyl (C=O) groups is 1. The highest BCUT2D eigenvalue weighted by molar-refractivity contribution is 5.95. The Morgan fingerprint density at radius 2 is 1.76 bits per heavy atom. The van der Waals surface area contributed by atoms with E-state index in [0.29, 0.717) is 12.0 Å². The number of benzene rings is 1. The molecule has 0 fully saturated rings. The molecule has 1 heterocycles. The first-order valence-corrected chi connectivity index (χ1v) is 5.68. The molecule has 0 unspecified atom stereocenters. The van der Waals surface area contributed by atoms with Gasteiger partial charge in [0.15, 0.2) is 5.78 Å². The Labute approximate surface area is 101 Å². The minimum absolute atomic E-state index is 0.113. The molecule has 0 aliphatic heterocycles.